The molecule has 2 aliphatic rings. The van der Waals surface area contributed by atoms with Gasteiger partial charge in [0.05, 0.1) is 22.7 Å². The van der Waals surface area contributed by atoms with Gasteiger partial charge in [-0.05, 0) is 23.8 Å². The minimum atomic E-state index is -0.356. The number of amides is 2. The van der Waals surface area contributed by atoms with Crippen molar-refractivity contribution in [1.82, 2.24) is 15.2 Å². The van der Waals surface area contributed by atoms with Gasteiger partial charge in [-0.2, -0.15) is 0 Å². The van der Waals surface area contributed by atoms with Gasteiger partial charge in [-0.1, -0.05) is 29.8 Å². The first-order valence-electron chi connectivity index (χ1n) is 9.11. The maximum atomic E-state index is 13.3. The van der Waals surface area contributed by atoms with Crippen molar-refractivity contribution in [2.45, 2.75) is 12.5 Å². The third kappa shape index (κ3) is 3.99. The van der Waals surface area contributed by atoms with E-state index in [9.17, 15) is 9.59 Å². The van der Waals surface area contributed by atoms with E-state index in [0.717, 1.165) is 12.1 Å². The molecule has 148 valence electrons. The molecule has 2 aromatic rings. The van der Waals surface area contributed by atoms with E-state index in [2.05, 4.69) is 10.3 Å². The van der Waals surface area contributed by atoms with Gasteiger partial charge in [-0.25, -0.2) is 0 Å². The molecule has 2 aliphatic heterocycles. The highest BCUT2D eigenvalue weighted by molar-refractivity contribution is 6.33. The second-order valence-corrected chi connectivity index (χ2v) is 7.30. The molecule has 2 unspecified atom stereocenters. The molecule has 1 aromatic carbocycles. The topological polar surface area (TPSA) is 65.5 Å². The van der Waals surface area contributed by atoms with Crippen LogP contribution in [0.1, 0.15) is 18.0 Å². The van der Waals surface area contributed by atoms with Crippen LogP contribution in [-0.2, 0) is 9.59 Å². The number of benzene rings is 1. The monoisotopic (exact) mass is 420 g/mol. The normalized spacial score (nSPS) is 22.1. The Hall–Kier alpha value is -2.15. The lowest BCUT2D eigenvalue weighted by Crippen LogP contribution is -2.50. The van der Waals surface area contributed by atoms with Crippen molar-refractivity contribution in [2.24, 2.45) is 5.92 Å². The first kappa shape index (κ1) is 20.6. The largest absolute Gasteiger partial charge is 0.333 e. The van der Waals surface area contributed by atoms with Gasteiger partial charge in [-0.15, -0.1) is 12.4 Å². The van der Waals surface area contributed by atoms with Crippen molar-refractivity contribution < 1.29 is 9.59 Å². The summed E-state index contributed by atoms with van der Waals surface area (Å²) in [6, 6.07) is 11.0. The predicted molar refractivity (Wildman–Crippen MR) is 111 cm³/mol. The quantitative estimate of drug-likeness (QED) is 0.828. The summed E-state index contributed by atoms with van der Waals surface area (Å²) in [7, 11) is 0. The number of nitrogens with zero attached hydrogens (tertiary/aromatic N) is 3. The molecule has 4 rings (SSSR count). The van der Waals surface area contributed by atoms with Gasteiger partial charge in [0.25, 0.3) is 0 Å². The number of nitrogens with one attached hydrogen (secondary N) is 1. The average molecular weight is 421 g/mol. The van der Waals surface area contributed by atoms with Gasteiger partial charge in [0.2, 0.25) is 11.8 Å². The van der Waals surface area contributed by atoms with Crippen molar-refractivity contribution in [3.8, 4) is 0 Å². The highest BCUT2D eigenvalue weighted by Crippen LogP contribution is 2.33. The van der Waals surface area contributed by atoms with Crippen molar-refractivity contribution in [3.63, 3.8) is 0 Å². The van der Waals surface area contributed by atoms with Crippen LogP contribution in [0.2, 0.25) is 5.02 Å². The zero-order chi connectivity index (χ0) is 18.8. The standard InChI is InChI=1S/C20H21ClN4O2.ClH/c21-16-5-1-2-6-17(16)25-13-15(10-19(25)26)20(27)24-9-8-23-12-18(24)14-4-3-7-22-11-14;/h1-7,11,15,18,23H,8-10,12-13H2;1H. The Bertz CT molecular complexity index is 849. The molecule has 0 aliphatic carbocycles. The number of piperazine rings is 1. The Morgan fingerprint density at radius 3 is 2.79 bits per heavy atom. The molecule has 28 heavy (non-hydrogen) atoms. The molecule has 2 atom stereocenters. The predicted octanol–water partition coefficient (Wildman–Crippen LogP) is 2.68. The van der Waals surface area contributed by atoms with Gasteiger partial charge in [0.1, 0.15) is 0 Å². The van der Waals surface area contributed by atoms with E-state index in [1.165, 1.54) is 0 Å². The average Bonchev–Trinajstić information content (AvgIpc) is 3.10. The van der Waals surface area contributed by atoms with Crippen molar-refractivity contribution in [2.75, 3.05) is 31.1 Å². The third-order valence-corrected chi connectivity index (χ3v) is 5.53. The van der Waals surface area contributed by atoms with E-state index in [4.69, 9.17) is 11.6 Å². The Morgan fingerprint density at radius 1 is 1.21 bits per heavy atom. The number of anilines is 1. The van der Waals surface area contributed by atoms with Crippen LogP contribution in [0.15, 0.2) is 48.8 Å². The summed E-state index contributed by atoms with van der Waals surface area (Å²) in [6.07, 6.45) is 3.74. The lowest BCUT2D eigenvalue weighted by atomic mass is 10.0. The molecule has 2 fully saturated rings. The molecule has 0 radical (unpaired) electrons. The van der Waals surface area contributed by atoms with Crippen LogP contribution in [0.3, 0.4) is 0 Å². The van der Waals surface area contributed by atoms with Crippen molar-refractivity contribution >= 4 is 41.5 Å². The SMILES string of the molecule is Cl.O=C1CC(C(=O)N2CCNCC2c2cccnc2)CN1c1ccccc1Cl. The van der Waals surface area contributed by atoms with Crippen molar-refractivity contribution in [1.29, 1.82) is 0 Å². The van der Waals surface area contributed by atoms with Crippen LogP contribution in [0.25, 0.3) is 0 Å². The van der Waals surface area contributed by atoms with E-state index in [-0.39, 0.29) is 42.6 Å². The summed E-state index contributed by atoms with van der Waals surface area (Å²) in [6.45, 7) is 2.42. The number of aromatic nitrogens is 1. The fourth-order valence-electron chi connectivity index (χ4n) is 3.85. The van der Waals surface area contributed by atoms with E-state index in [1.807, 2.05) is 35.2 Å². The zero-order valence-electron chi connectivity index (χ0n) is 15.3. The summed E-state index contributed by atoms with van der Waals surface area (Å²) in [4.78, 5) is 33.5. The molecule has 8 heteroatoms. The molecule has 1 aromatic heterocycles. The minimum absolute atomic E-state index is 0. The van der Waals surface area contributed by atoms with E-state index in [0.29, 0.717) is 30.3 Å². The van der Waals surface area contributed by atoms with Crippen molar-refractivity contribution in [3.05, 3.63) is 59.4 Å². The number of carbonyl (C=O) groups is 2. The Kier molecular flexibility index (Phi) is 6.54. The number of halogens is 2. The molecule has 3 heterocycles. The number of carbonyl (C=O) groups excluding carboxylic acids is 2. The summed E-state index contributed by atoms with van der Waals surface area (Å²) in [5.74, 6) is -0.395. The minimum Gasteiger partial charge on any atom is -0.333 e. The summed E-state index contributed by atoms with van der Waals surface area (Å²) in [5, 5.41) is 3.87. The van der Waals surface area contributed by atoms with Crippen LogP contribution in [0.5, 0.6) is 0 Å². The number of hydrogen-bond acceptors (Lipinski definition) is 4. The number of para-hydroxylation sites is 1. The molecule has 1 N–H and O–H groups in total. The maximum absolute atomic E-state index is 13.3. The highest BCUT2D eigenvalue weighted by Gasteiger charge is 2.40. The van der Waals surface area contributed by atoms with Gasteiger partial charge >= 0.3 is 0 Å². The summed E-state index contributed by atoms with van der Waals surface area (Å²) in [5.41, 5.74) is 1.67. The van der Waals surface area contributed by atoms with Crippen LogP contribution in [0.4, 0.5) is 5.69 Å². The van der Waals surface area contributed by atoms with Gasteiger partial charge < -0.3 is 15.1 Å². The van der Waals surface area contributed by atoms with Crippen LogP contribution in [-0.4, -0.2) is 47.9 Å². The van der Waals surface area contributed by atoms with E-state index < -0.39 is 0 Å². The van der Waals surface area contributed by atoms with Crippen LogP contribution < -0.4 is 10.2 Å². The zero-order valence-corrected chi connectivity index (χ0v) is 16.8. The van der Waals surface area contributed by atoms with Gasteiger partial charge in [0.15, 0.2) is 0 Å². The molecule has 0 saturated carbocycles. The third-order valence-electron chi connectivity index (χ3n) is 5.21. The lowest BCUT2D eigenvalue weighted by Gasteiger charge is -2.37. The van der Waals surface area contributed by atoms with Gasteiger partial charge in [0, 0.05) is 45.0 Å². The van der Waals surface area contributed by atoms with Crippen LogP contribution >= 0.6 is 24.0 Å². The Labute approximate surface area is 175 Å². The molecule has 0 bridgehead atoms. The fraction of sp³-hybridized carbons (Fsp3) is 0.350. The van der Waals surface area contributed by atoms with Crippen LogP contribution in [0, 0.1) is 5.92 Å². The summed E-state index contributed by atoms with van der Waals surface area (Å²) >= 11 is 6.24. The smallest absolute Gasteiger partial charge is 0.228 e. The number of pyridine rings is 1. The number of rotatable bonds is 3. The molecule has 2 amide bonds. The maximum Gasteiger partial charge on any atom is 0.228 e. The van der Waals surface area contributed by atoms with E-state index in [1.54, 1.807) is 23.4 Å². The second kappa shape index (κ2) is 8.90. The first-order chi connectivity index (χ1) is 13.1. The lowest BCUT2D eigenvalue weighted by molar-refractivity contribution is -0.139. The molecular weight excluding hydrogens is 399 g/mol. The number of hydrogen-bond donors (Lipinski definition) is 1. The summed E-state index contributed by atoms with van der Waals surface area (Å²) < 4.78 is 0. The molecular formula is C20H22Cl2N4O2. The molecule has 0 spiro atoms. The Morgan fingerprint density at radius 2 is 2.04 bits per heavy atom. The first-order valence-corrected chi connectivity index (χ1v) is 9.49. The highest BCUT2D eigenvalue weighted by atomic mass is 35.5. The second-order valence-electron chi connectivity index (χ2n) is 6.89. The molecule has 6 nitrogen and oxygen atoms in total. The van der Waals surface area contributed by atoms with Gasteiger partial charge in [-0.3, -0.25) is 14.6 Å². The molecule has 2 saturated heterocycles. The fourth-order valence-corrected chi connectivity index (χ4v) is 4.09. The van der Waals surface area contributed by atoms with E-state index >= 15 is 0 Å². The Balaban J connectivity index is 0.00000225.